The van der Waals surface area contributed by atoms with Crippen LogP contribution < -0.4 is 0 Å². The Morgan fingerprint density at radius 3 is 2.70 bits per heavy atom. The first-order valence-corrected chi connectivity index (χ1v) is 10.9. The number of aromatic amines is 1. The van der Waals surface area contributed by atoms with Gasteiger partial charge < -0.3 is 14.6 Å². The molecule has 0 unspecified atom stereocenters. The molecule has 1 aliphatic rings. The predicted molar refractivity (Wildman–Crippen MR) is 102 cm³/mol. The summed E-state index contributed by atoms with van der Waals surface area (Å²) in [5, 5.41) is 0.883. The van der Waals surface area contributed by atoms with Gasteiger partial charge in [0.05, 0.1) is 11.5 Å². The first kappa shape index (κ1) is 19.4. The van der Waals surface area contributed by atoms with Crippen LogP contribution in [0, 0.1) is 0 Å². The van der Waals surface area contributed by atoms with Crippen LogP contribution in [-0.2, 0) is 19.4 Å². The van der Waals surface area contributed by atoms with Gasteiger partial charge in [0.15, 0.2) is 16.4 Å². The van der Waals surface area contributed by atoms with E-state index in [9.17, 15) is 18.0 Å². The summed E-state index contributed by atoms with van der Waals surface area (Å²) >= 11 is 0. The number of fused-ring (bicyclic) bond motifs is 1. The van der Waals surface area contributed by atoms with E-state index < -0.39 is 22.4 Å². The molecule has 1 N–H and O–H groups in total. The molecule has 1 fully saturated rings. The number of nitrogens with zero attached hydrogens (tertiary/aromatic N) is 1. The number of sulfone groups is 1. The summed E-state index contributed by atoms with van der Waals surface area (Å²) in [5.74, 6) is -0.912. The number of ether oxygens (including phenoxy) is 1. The number of amides is 1. The van der Waals surface area contributed by atoms with Crippen molar-refractivity contribution >= 4 is 32.6 Å². The van der Waals surface area contributed by atoms with E-state index in [4.69, 9.17) is 4.74 Å². The van der Waals surface area contributed by atoms with Crippen LogP contribution in [0.15, 0.2) is 30.3 Å². The number of nitrogens with one attached hydrogen (secondary N) is 1. The number of aromatic nitrogens is 1. The minimum atomic E-state index is -3.11. The summed E-state index contributed by atoms with van der Waals surface area (Å²) in [7, 11) is -3.11. The first-order chi connectivity index (χ1) is 12.8. The molecule has 2 atom stereocenters. The lowest BCUT2D eigenvalue weighted by atomic mass is 10.1. The molecule has 146 valence electrons. The van der Waals surface area contributed by atoms with E-state index >= 15 is 0 Å². The molecule has 0 aliphatic carbocycles. The summed E-state index contributed by atoms with van der Waals surface area (Å²) in [5.41, 5.74) is 1.09. The van der Waals surface area contributed by atoms with Gasteiger partial charge in [0.2, 0.25) is 0 Å². The summed E-state index contributed by atoms with van der Waals surface area (Å²) in [6.45, 7) is 3.41. The number of carbonyl (C=O) groups is 2. The number of carbonyl (C=O) groups excluding carboxylic acids is 2. The zero-order valence-corrected chi connectivity index (χ0v) is 16.3. The van der Waals surface area contributed by atoms with E-state index in [0.29, 0.717) is 12.8 Å². The average molecular weight is 392 g/mol. The van der Waals surface area contributed by atoms with Crippen LogP contribution in [0.25, 0.3) is 10.9 Å². The number of hydrogen-bond donors (Lipinski definition) is 1. The molecular weight excluding hydrogens is 368 g/mol. The second kappa shape index (κ2) is 7.72. The van der Waals surface area contributed by atoms with Crippen molar-refractivity contribution in [2.45, 2.75) is 38.8 Å². The SMILES string of the molecule is CC[C@@H](C)N(C(=O)COC(=O)c1cc2ccccc2[nH]1)[C@@H]1CCS(=O)(=O)C1. The van der Waals surface area contributed by atoms with Crippen LogP contribution in [0.4, 0.5) is 0 Å². The van der Waals surface area contributed by atoms with Crippen molar-refractivity contribution in [3.05, 3.63) is 36.0 Å². The number of rotatable bonds is 6. The number of H-pyrrole nitrogens is 1. The maximum absolute atomic E-state index is 12.7. The van der Waals surface area contributed by atoms with Gasteiger partial charge in [-0.1, -0.05) is 25.1 Å². The molecule has 7 nitrogen and oxygen atoms in total. The number of benzene rings is 1. The molecular formula is C19H24N2O5S. The summed E-state index contributed by atoms with van der Waals surface area (Å²) in [6.07, 6.45) is 1.12. The predicted octanol–water partition coefficient (Wildman–Crippen LogP) is 2.14. The van der Waals surface area contributed by atoms with Gasteiger partial charge in [0.1, 0.15) is 5.69 Å². The van der Waals surface area contributed by atoms with Crippen molar-refractivity contribution in [3.8, 4) is 0 Å². The van der Waals surface area contributed by atoms with Crippen molar-refractivity contribution in [1.82, 2.24) is 9.88 Å². The first-order valence-electron chi connectivity index (χ1n) is 9.07. The molecule has 1 aromatic carbocycles. The fraction of sp³-hybridized carbons (Fsp3) is 0.474. The Hall–Kier alpha value is -2.35. The highest BCUT2D eigenvalue weighted by atomic mass is 32.2. The molecule has 27 heavy (non-hydrogen) atoms. The molecule has 1 aromatic heterocycles. The highest BCUT2D eigenvalue weighted by Gasteiger charge is 2.36. The second-order valence-electron chi connectivity index (χ2n) is 6.96. The normalized spacial score (nSPS) is 19.7. The topological polar surface area (TPSA) is 96.5 Å². The Bertz CT molecular complexity index is 917. The Labute approximate surface area is 158 Å². The Kier molecular flexibility index (Phi) is 5.55. The Morgan fingerprint density at radius 2 is 2.07 bits per heavy atom. The molecule has 1 aliphatic heterocycles. The lowest BCUT2D eigenvalue weighted by Crippen LogP contribution is -2.48. The van der Waals surface area contributed by atoms with Crippen molar-refractivity contribution in [3.63, 3.8) is 0 Å². The van der Waals surface area contributed by atoms with Gasteiger partial charge in [0.25, 0.3) is 5.91 Å². The quantitative estimate of drug-likeness (QED) is 0.760. The van der Waals surface area contributed by atoms with Crippen LogP contribution in [0.3, 0.4) is 0 Å². The summed E-state index contributed by atoms with van der Waals surface area (Å²) in [4.78, 5) is 29.5. The molecule has 2 aromatic rings. The van der Waals surface area contributed by atoms with E-state index in [2.05, 4.69) is 4.98 Å². The lowest BCUT2D eigenvalue weighted by molar-refractivity contribution is -0.138. The van der Waals surface area contributed by atoms with Gasteiger partial charge >= 0.3 is 5.97 Å². The average Bonchev–Trinajstić information content (AvgIpc) is 3.22. The number of hydrogen-bond acceptors (Lipinski definition) is 5. The van der Waals surface area contributed by atoms with E-state index in [1.165, 1.54) is 0 Å². The smallest absolute Gasteiger partial charge is 0.355 e. The molecule has 0 bridgehead atoms. The van der Waals surface area contributed by atoms with Crippen molar-refractivity contribution in [2.24, 2.45) is 0 Å². The van der Waals surface area contributed by atoms with Gasteiger partial charge in [-0.05, 0) is 31.9 Å². The van der Waals surface area contributed by atoms with E-state index in [1.54, 1.807) is 11.0 Å². The largest absolute Gasteiger partial charge is 0.451 e. The minimum Gasteiger partial charge on any atom is -0.451 e. The van der Waals surface area contributed by atoms with Gasteiger partial charge in [0, 0.05) is 23.0 Å². The molecule has 1 amide bonds. The highest BCUT2D eigenvalue weighted by Crippen LogP contribution is 2.22. The summed E-state index contributed by atoms with van der Waals surface area (Å²) in [6, 6.07) is 8.65. The highest BCUT2D eigenvalue weighted by molar-refractivity contribution is 7.91. The fourth-order valence-corrected chi connectivity index (χ4v) is 5.18. The van der Waals surface area contributed by atoms with Gasteiger partial charge in [-0.15, -0.1) is 0 Å². The Morgan fingerprint density at radius 1 is 1.33 bits per heavy atom. The number of para-hydroxylation sites is 1. The van der Waals surface area contributed by atoms with Crippen LogP contribution in [0.1, 0.15) is 37.2 Å². The van der Waals surface area contributed by atoms with Gasteiger partial charge in [-0.3, -0.25) is 4.79 Å². The summed E-state index contributed by atoms with van der Waals surface area (Å²) < 4.78 is 28.8. The maximum Gasteiger partial charge on any atom is 0.355 e. The van der Waals surface area contributed by atoms with Crippen LogP contribution in [0.5, 0.6) is 0 Å². The second-order valence-corrected chi connectivity index (χ2v) is 9.19. The molecule has 3 rings (SSSR count). The molecule has 0 spiro atoms. The number of esters is 1. The molecule has 1 saturated heterocycles. The van der Waals surface area contributed by atoms with Crippen molar-refractivity contribution in [2.75, 3.05) is 18.1 Å². The zero-order valence-electron chi connectivity index (χ0n) is 15.5. The lowest BCUT2D eigenvalue weighted by Gasteiger charge is -2.33. The third-order valence-electron chi connectivity index (χ3n) is 5.03. The molecule has 0 saturated carbocycles. The van der Waals surface area contributed by atoms with Crippen molar-refractivity contribution < 1.29 is 22.7 Å². The van der Waals surface area contributed by atoms with Gasteiger partial charge in [-0.2, -0.15) is 0 Å². The van der Waals surface area contributed by atoms with E-state index in [-0.39, 0.29) is 35.2 Å². The van der Waals surface area contributed by atoms with E-state index in [1.807, 2.05) is 38.1 Å². The third kappa shape index (κ3) is 4.32. The standard InChI is InChI=1S/C19H24N2O5S/c1-3-13(2)21(15-8-9-27(24,25)12-15)18(22)11-26-19(23)17-10-14-6-4-5-7-16(14)20-17/h4-7,10,13,15,20H,3,8-9,11-12H2,1-2H3/t13-,15-/m1/s1. The Balaban J connectivity index is 1.67. The minimum absolute atomic E-state index is 0.0287. The molecule has 8 heteroatoms. The maximum atomic E-state index is 12.7. The van der Waals surface area contributed by atoms with Crippen molar-refractivity contribution in [1.29, 1.82) is 0 Å². The fourth-order valence-electron chi connectivity index (χ4n) is 3.46. The molecule has 0 radical (unpaired) electrons. The van der Waals surface area contributed by atoms with Crippen LogP contribution >= 0.6 is 0 Å². The monoisotopic (exact) mass is 392 g/mol. The third-order valence-corrected chi connectivity index (χ3v) is 6.78. The van der Waals surface area contributed by atoms with E-state index in [0.717, 1.165) is 10.9 Å². The van der Waals surface area contributed by atoms with Crippen LogP contribution in [-0.4, -0.2) is 60.4 Å². The van der Waals surface area contributed by atoms with Gasteiger partial charge in [-0.25, -0.2) is 13.2 Å². The molecule has 2 heterocycles. The zero-order chi connectivity index (χ0) is 19.6. The van der Waals surface area contributed by atoms with Crippen LogP contribution in [0.2, 0.25) is 0 Å².